The summed E-state index contributed by atoms with van der Waals surface area (Å²) in [5, 5.41) is 3.27. The summed E-state index contributed by atoms with van der Waals surface area (Å²) in [7, 11) is 0. The lowest BCUT2D eigenvalue weighted by Gasteiger charge is -2.14. The van der Waals surface area contributed by atoms with Crippen molar-refractivity contribution in [3.05, 3.63) is 35.6 Å². The molecule has 1 aromatic carbocycles. The summed E-state index contributed by atoms with van der Waals surface area (Å²) in [6.07, 6.45) is 0. The fraction of sp³-hybridized carbons (Fsp3) is 0.500. The van der Waals surface area contributed by atoms with Crippen molar-refractivity contribution < 1.29 is 9.13 Å². The van der Waals surface area contributed by atoms with Gasteiger partial charge in [0.25, 0.3) is 0 Å². The molecule has 84 valence electrons. The van der Waals surface area contributed by atoms with Crippen molar-refractivity contribution in [2.75, 3.05) is 19.8 Å². The monoisotopic (exact) mass is 211 g/mol. The smallest absolute Gasteiger partial charge is 0.123 e. The van der Waals surface area contributed by atoms with E-state index in [4.69, 9.17) is 4.74 Å². The van der Waals surface area contributed by atoms with Crippen LogP contribution in [0.5, 0.6) is 0 Å². The minimum atomic E-state index is -0.189. The van der Waals surface area contributed by atoms with E-state index in [0.717, 1.165) is 18.7 Å². The molecule has 1 atom stereocenters. The highest BCUT2D eigenvalue weighted by Gasteiger charge is 2.04. The van der Waals surface area contributed by atoms with Crippen LogP contribution in [0.1, 0.15) is 25.5 Å². The van der Waals surface area contributed by atoms with E-state index >= 15 is 0 Å². The first-order valence-electron chi connectivity index (χ1n) is 5.30. The van der Waals surface area contributed by atoms with E-state index in [0.29, 0.717) is 6.61 Å². The van der Waals surface area contributed by atoms with Gasteiger partial charge in [-0.1, -0.05) is 12.1 Å². The van der Waals surface area contributed by atoms with Gasteiger partial charge in [0, 0.05) is 19.2 Å². The van der Waals surface area contributed by atoms with E-state index < -0.39 is 0 Å². The number of ether oxygens (including phenoxy) is 1. The van der Waals surface area contributed by atoms with Gasteiger partial charge in [0.1, 0.15) is 5.82 Å². The Labute approximate surface area is 90.4 Å². The molecule has 0 unspecified atom stereocenters. The first kappa shape index (κ1) is 12.1. The molecule has 0 aliphatic rings. The maximum absolute atomic E-state index is 12.9. The second kappa shape index (κ2) is 6.53. The Morgan fingerprint density at radius 3 is 2.93 bits per heavy atom. The molecule has 0 amide bonds. The highest BCUT2D eigenvalue weighted by Crippen LogP contribution is 2.12. The normalized spacial score (nSPS) is 12.7. The molecule has 2 nitrogen and oxygen atoms in total. The number of benzene rings is 1. The van der Waals surface area contributed by atoms with Crippen LogP contribution >= 0.6 is 0 Å². The molecule has 0 radical (unpaired) electrons. The third-order valence-corrected chi connectivity index (χ3v) is 2.25. The first-order valence-corrected chi connectivity index (χ1v) is 5.30. The summed E-state index contributed by atoms with van der Waals surface area (Å²) in [6.45, 7) is 6.19. The van der Waals surface area contributed by atoms with Crippen molar-refractivity contribution in [3.63, 3.8) is 0 Å². The summed E-state index contributed by atoms with van der Waals surface area (Å²) in [4.78, 5) is 0. The third-order valence-electron chi connectivity index (χ3n) is 2.25. The predicted octanol–water partition coefficient (Wildman–Crippen LogP) is 2.51. The van der Waals surface area contributed by atoms with Gasteiger partial charge >= 0.3 is 0 Å². The lowest BCUT2D eigenvalue weighted by molar-refractivity contribution is 0.147. The molecule has 0 saturated heterocycles. The molecule has 1 N–H and O–H groups in total. The Morgan fingerprint density at radius 2 is 2.27 bits per heavy atom. The SMILES string of the molecule is CCOCCN[C@H](C)c1cccc(F)c1. The second-order valence-corrected chi connectivity index (χ2v) is 3.43. The molecule has 0 aliphatic carbocycles. The minimum absolute atomic E-state index is 0.154. The van der Waals surface area contributed by atoms with E-state index in [9.17, 15) is 4.39 Å². The van der Waals surface area contributed by atoms with Crippen LogP contribution in [0.4, 0.5) is 4.39 Å². The molecule has 0 aliphatic heterocycles. The standard InChI is InChI=1S/C12H18FNO/c1-3-15-8-7-14-10(2)11-5-4-6-12(13)9-11/h4-6,9-10,14H,3,7-8H2,1-2H3/t10-/m1/s1. The highest BCUT2D eigenvalue weighted by atomic mass is 19.1. The maximum atomic E-state index is 12.9. The number of hydrogen-bond acceptors (Lipinski definition) is 2. The molecular weight excluding hydrogens is 193 g/mol. The Hall–Kier alpha value is -0.930. The van der Waals surface area contributed by atoms with Crippen LogP contribution in [0.15, 0.2) is 24.3 Å². The predicted molar refractivity (Wildman–Crippen MR) is 59.3 cm³/mol. The average molecular weight is 211 g/mol. The van der Waals surface area contributed by atoms with Crippen LogP contribution in [0.25, 0.3) is 0 Å². The van der Waals surface area contributed by atoms with Crippen LogP contribution in [0.2, 0.25) is 0 Å². The van der Waals surface area contributed by atoms with Gasteiger partial charge in [-0.3, -0.25) is 0 Å². The van der Waals surface area contributed by atoms with Gasteiger partial charge in [-0.2, -0.15) is 0 Å². The molecule has 0 fully saturated rings. The molecule has 0 aromatic heterocycles. The van der Waals surface area contributed by atoms with Gasteiger partial charge in [-0.25, -0.2) is 4.39 Å². The maximum Gasteiger partial charge on any atom is 0.123 e. The summed E-state index contributed by atoms with van der Waals surface area (Å²) in [5.74, 6) is -0.189. The van der Waals surface area contributed by atoms with Gasteiger partial charge in [0.15, 0.2) is 0 Å². The van der Waals surface area contributed by atoms with E-state index in [1.54, 1.807) is 12.1 Å². The quantitative estimate of drug-likeness (QED) is 0.730. The molecular formula is C12H18FNO. The van der Waals surface area contributed by atoms with Crippen molar-refractivity contribution in [1.82, 2.24) is 5.32 Å². The van der Waals surface area contributed by atoms with Crippen LogP contribution in [-0.2, 0) is 4.74 Å². The van der Waals surface area contributed by atoms with E-state index in [1.807, 2.05) is 19.9 Å². The van der Waals surface area contributed by atoms with E-state index in [-0.39, 0.29) is 11.9 Å². The summed E-state index contributed by atoms with van der Waals surface area (Å²) >= 11 is 0. The van der Waals surface area contributed by atoms with Crippen molar-refractivity contribution in [2.24, 2.45) is 0 Å². The Bertz CT molecular complexity index is 291. The van der Waals surface area contributed by atoms with Crippen LogP contribution in [0, 0.1) is 5.82 Å². The van der Waals surface area contributed by atoms with Crippen molar-refractivity contribution in [2.45, 2.75) is 19.9 Å². The van der Waals surface area contributed by atoms with Gasteiger partial charge in [0.2, 0.25) is 0 Å². The Morgan fingerprint density at radius 1 is 1.47 bits per heavy atom. The molecule has 0 saturated carbocycles. The molecule has 1 aromatic rings. The largest absolute Gasteiger partial charge is 0.380 e. The number of halogens is 1. The Balaban J connectivity index is 2.36. The number of rotatable bonds is 6. The third kappa shape index (κ3) is 4.40. The van der Waals surface area contributed by atoms with Gasteiger partial charge < -0.3 is 10.1 Å². The Kier molecular flexibility index (Phi) is 5.29. The first-order chi connectivity index (χ1) is 7.24. The summed E-state index contributed by atoms with van der Waals surface area (Å²) in [6, 6.07) is 6.81. The van der Waals surface area contributed by atoms with Crippen LogP contribution in [-0.4, -0.2) is 19.8 Å². The zero-order chi connectivity index (χ0) is 11.1. The van der Waals surface area contributed by atoms with Crippen molar-refractivity contribution in [3.8, 4) is 0 Å². The molecule has 0 bridgehead atoms. The van der Waals surface area contributed by atoms with Crippen molar-refractivity contribution >= 4 is 0 Å². The summed E-state index contributed by atoms with van der Waals surface area (Å²) in [5.41, 5.74) is 0.964. The van der Waals surface area contributed by atoms with Gasteiger partial charge in [0.05, 0.1) is 6.61 Å². The molecule has 0 heterocycles. The lowest BCUT2D eigenvalue weighted by Crippen LogP contribution is -2.23. The molecule has 3 heteroatoms. The van der Waals surface area contributed by atoms with Gasteiger partial charge in [-0.05, 0) is 31.5 Å². The highest BCUT2D eigenvalue weighted by molar-refractivity contribution is 5.19. The zero-order valence-corrected chi connectivity index (χ0v) is 9.29. The fourth-order valence-corrected chi connectivity index (χ4v) is 1.39. The second-order valence-electron chi connectivity index (χ2n) is 3.43. The zero-order valence-electron chi connectivity index (χ0n) is 9.29. The van der Waals surface area contributed by atoms with Crippen molar-refractivity contribution in [1.29, 1.82) is 0 Å². The fourth-order valence-electron chi connectivity index (χ4n) is 1.39. The summed E-state index contributed by atoms with van der Waals surface area (Å²) < 4.78 is 18.1. The molecule has 1 rings (SSSR count). The molecule has 15 heavy (non-hydrogen) atoms. The van der Waals surface area contributed by atoms with E-state index in [2.05, 4.69) is 5.32 Å². The number of hydrogen-bond donors (Lipinski definition) is 1. The molecule has 0 spiro atoms. The van der Waals surface area contributed by atoms with Crippen LogP contribution in [0.3, 0.4) is 0 Å². The topological polar surface area (TPSA) is 21.3 Å². The number of nitrogens with one attached hydrogen (secondary N) is 1. The van der Waals surface area contributed by atoms with E-state index in [1.165, 1.54) is 6.07 Å². The average Bonchev–Trinajstić information content (AvgIpc) is 2.24. The minimum Gasteiger partial charge on any atom is -0.380 e. The lowest BCUT2D eigenvalue weighted by atomic mass is 10.1. The van der Waals surface area contributed by atoms with Gasteiger partial charge in [-0.15, -0.1) is 0 Å². The van der Waals surface area contributed by atoms with Crippen LogP contribution < -0.4 is 5.32 Å².